The molecule has 1 amide bonds. The van der Waals surface area contributed by atoms with Crippen LogP contribution in [0, 0.1) is 12.8 Å². The van der Waals surface area contributed by atoms with Crippen molar-refractivity contribution >= 4 is 11.6 Å². The van der Waals surface area contributed by atoms with Gasteiger partial charge in [0.1, 0.15) is 5.75 Å². The first-order chi connectivity index (χ1) is 15.5. The van der Waals surface area contributed by atoms with Gasteiger partial charge in [-0.1, -0.05) is 49.6 Å². The van der Waals surface area contributed by atoms with E-state index in [0.717, 1.165) is 68.2 Å². The Kier molecular flexibility index (Phi) is 7.51. The summed E-state index contributed by atoms with van der Waals surface area (Å²) in [5, 5.41) is 3.18. The van der Waals surface area contributed by atoms with Gasteiger partial charge in [0.25, 0.3) is 0 Å². The van der Waals surface area contributed by atoms with Crippen LogP contribution in [0.4, 0.5) is 5.69 Å². The number of piperidine rings is 1. The number of hydrogen-bond donors (Lipinski definition) is 1. The van der Waals surface area contributed by atoms with Gasteiger partial charge < -0.3 is 15.0 Å². The SMILES string of the molecule is Cc1ccc(C2(C(=O)Nc3ccc(OCCCN4CCCC(C)C4)cc3)CCCC2)cc1. The van der Waals surface area contributed by atoms with Gasteiger partial charge in [-0.3, -0.25) is 4.79 Å². The first-order valence-corrected chi connectivity index (χ1v) is 12.4. The van der Waals surface area contributed by atoms with E-state index in [4.69, 9.17) is 4.74 Å². The molecule has 1 aliphatic heterocycles. The Balaban J connectivity index is 1.29. The smallest absolute Gasteiger partial charge is 0.235 e. The van der Waals surface area contributed by atoms with Gasteiger partial charge in [-0.05, 0) is 81.3 Å². The van der Waals surface area contributed by atoms with E-state index in [1.165, 1.54) is 31.5 Å². The van der Waals surface area contributed by atoms with E-state index in [0.29, 0.717) is 0 Å². The molecule has 2 aromatic carbocycles. The van der Waals surface area contributed by atoms with Crippen molar-refractivity contribution in [2.45, 2.75) is 64.2 Å². The average molecular weight is 435 g/mol. The molecule has 2 fully saturated rings. The highest BCUT2D eigenvalue weighted by Gasteiger charge is 2.42. The lowest BCUT2D eigenvalue weighted by molar-refractivity contribution is -0.121. The van der Waals surface area contributed by atoms with Crippen molar-refractivity contribution in [2.24, 2.45) is 5.92 Å². The second-order valence-electron chi connectivity index (χ2n) is 9.88. The third kappa shape index (κ3) is 5.53. The standard InChI is InChI=1S/C28H38N2O2/c1-22-8-10-24(11-9-22)28(16-3-4-17-28)27(31)29-25-12-14-26(15-13-25)32-20-6-19-30-18-5-7-23(2)21-30/h8-15,23H,3-7,16-21H2,1-2H3,(H,29,31). The van der Waals surface area contributed by atoms with Gasteiger partial charge in [0.05, 0.1) is 12.0 Å². The van der Waals surface area contributed by atoms with Crippen molar-refractivity contribution in [1.82, 2.24) is 4.90 Å². The molecule has 172 valence electrons. The minimum atomic E-state index is -0.408. The number of hydrogen-bond acceptors (Lipinski definition) is 3. The zero-order chi connectivity index (χ0) is 22.4. The molecule has 0 aromatic heterocycles. The van der Waals surface area contributed by atoms with Gasteiger partial charge in [0.2, 0.25) is 5.91 Å². The van der Waals surface area contributed by atoms with Crippen molar-refractivity contribution in [3.05, 3.63) is 59.7 Å². The summed E-state index contributed by atoms with van der Waals surface area (Å²) in [6.07, 6.45) is 7.76. The molecule has 0 spiro atoms. The van der Waals surface area contributed by atoms with Crippen molar-refractivity contribution < 1.29 is 9.53 Å². The largest absolute Gasteiger partial charge is 0.494 e. The molecule has 2 aliphatic rings. The fourth-order valence-corrected chi connectivity index (χ4v) is 5.35. The first-order valence-electron chi connectivity index (χ1n) is 12.4. The number of nitrogens with zero attached hydrogens (tertiary/aromatic N) is 1. The minimum absolute atomic E-state index is 0.114. The molecular weight excluding hydrogens is 396 g/mol. The number of carbonyl (C=O) groups is 1. The Labute approximate surface area is 193 Å². The molecule has 1 heterocycles. The monoisotopic (exact) mass is 434 g/mol. The Morgan fingerprint density at radius 1 is 1.06 bits per heavy atom. The van der Waals surface area contributed by atoms with Gasteiger partial charge in [-0.15, -0.1) is 0 Å². The molecule has 1 unspecified atom stereocenters. The predicted octanol–water partition coefficient (Wildman–Crippen LogP) is 5.95. The first kappa shape index (κ1) is 22.8. The second kappa shape index (κ2) is 10.5. The van der Waals surface area contributed by atoms with E-state index >= 15 is 0 Å². The average Bonchev–Trinajstić information content (AvgIpc) is 3.30. The number of carbonyl (C=O) groups excluding carboxylic acids is 1. The molecule has 1 saturated heterocycles. The maximum absolute atomic E-state index is 13.3. The molecule has 1 aliphatic carbocycles. The third-order valence-electron chi connectivity index (χ3n) is 7.24. The van der Waals surface area contributed by atoms with Gasteiger partial charge in [-0.2, -0.15) is 0 Å². The lowest BCUT2D eigenvalue weighted by Gasteiger charge is -2.30. The Morgan fingerprint density at radius 2 is 1.78 bits per heavy atom. The Morgan fingerprint density at radius 3 is 2.47 bits per heavy atom. The van der Waals surface area contributed by atoms with Crippen LogP contribution in [0.15, 0.2) is 48.5 Å². The fraction of sp³-hybridized carbons (Fsp3) is 0.536. The molecule has 32 heavy (non-hydrogen) atoms. The van der Waals surface area contributed by atoms with Crippen LogP contribution in [0.1, 0.15) is 63.0 Å². The number of benzene rings is 2. The molecule has 2 aromatic rings. The summed E-state index contributed by atoms with van der Waals surface area (Å²) < 4.78 is 5.94. The van der Waals surface area contributed by atoms with Gasteiger partial charge >= 0.3 is 0 Å². The number of anilines is 1. The Bertz CT molecular complexity index is 869. The minimum Gasteiger partial charge on any atom is -0.494 e. The van der Waals surface area contributed by atoms with Crippen LogP contribution in [0.3, 0.4) is 0 Å². The number of likely N-dealkylation sites (tertiary alicyclic amines) is 1. The van der Waals surface area contributed by atoms with Crippen LogP contribution in [0.2, 0.25) is 0 Å². The van der Waals surface area contributed by atoms with Gasteiger partial charge in [-0.25, -0.2) is 0 Å². The van der Waals surface area contributed by atoms with E-state index in [-0.39, 0.29) is 5.91 Å². The highest BCUT2D eigenvalue weighted by atomic mass is 16.5. The van der Waals surface area contributed by atoms with Crippen molar-refractivity contribution in [3.63, 3.8) is 0 Å². The van der Waals surface area contributed by atoms with Crippen LogP contribution >= 0.6 is 0 Å². The van der Waals surface area contributed by atoms with E-state index < -0.39 is 5.41 Å². The summed E-state index contributed by atoms with van der Waals surface area (Å²) in [4.78, 5) is 15.9. The van der Waals surface area contributed by atoms with Gasteiger partial charge in [0.15, 0.2) is 0 Å². The van der Waals surface area contributed by atoms with Crippen LogP contribution in [0.5, 0.6) is 5.75 Å². The number of nitrogens with one attached hydrogen (secondary N) is 1. The summed E-state index contributed by atoms with van der Waals surface area (Å²) in [6.45, 7) is 8.72. The topological polar surface area (TPSA) is 41.6 Å². The summed E-state index contributed by atoms with van der Waals surface area (Å²) in [6, 6.07) is 16.3. The van der Waals surface area contributed by atoms with Crippen molar-refractivity contribution in [3.8, 4) is 5.75 Å². The highest BCUT2D eigenvalue weighted by molar-refractivity contribution is 5.99. The van der Waals surface area contributed by atoms with E-state index in [1.54, 1.807) is 0 Å². The molecule has 4 heteroatoms. The lowest BCUT2D eigenvalue weighted by Crippen LogP contribution is -2.38. The highest BCUT2D eigenvalue weighted by Crippen LogP contribution is 2.42. The Hall–Kier alpha value is -2.33. The normalized spacial score (nSPS) is 20.8. The number of rotatable bonds is 8. The summed E-state index contributed by atoms with van der Waals surface area (Å²) in [5.41, 5.74) is 2.79. The second-order valence-corrected chi connectivity index (χ2v) is 9.88. The summed E-state index contributed by atoms with van der Waals surface area (Å²) in [7, 11) is 0. The van der Waals surface area contributed by atoms with Crippen molar-refractivity contribution in [2.75, 3.05) is 31.6 Å². The third-order valence-corrected chi connectivity index (χ3v) is 7.24. The molecule has 0 radical (unpaired) electrons. The maximum Gasteiger partial charge on any atom is 0.235 e. The quantitative estimate of drug-likeness (QED) is 0.522. The lowest BCUT2D eigenvalue weighted by atomic mass is 9.77. The zero-order valence-electron chi connectivity index (χ0n) is 19.7. The van der Waals surface area contributed by atoms with Crippen molar-refractivity contribution in [1.29, 1.82) is 0 Å². The molecule has 0 bridgehead atoms. The van der Waals surface area contributed by atoms with Crippen LogP contribution < -0.4 is 10.1 Å². The molecular formula is C28H38N2O2. The summed E-state index contributed by atoms with van der Waals surface area (Å²) >= 11 is 0. The molecule has 1 saturated carbocycles. The van der Waals surface area contributed by atoms with Crippen LogP contribution in [-0.2, 0) is 10.2 Å². The van der Waals surface area contributed by atoms with E-state index in [1.807, 2.05) is 24.3 Å². The molecule has 4 rings (SSSR count). The number of amides is 1. The maximum atomic E-state index is 13.3. The molecule has 1 atom stereocenters. The molecule has 1 N–H and O–H groups in total. The zero-order valence-corrected chi connectivity index (χ0v) is 19.7. The fourth-order valence-electron chi connectivity index (χ4n) is 5.35. The predicted molar refractivity (Wildman–Crippen MR) is 131 cm³/mol. The van der Waals surface area contributed by atoms with Crippen LogP contribution in [-0.4, -0.2) is 37.0 Å². The number of aryl methyl sites for hydroxylation is 1. The number of ether oxygens (including phenoxy) is 1. The van der Waals surface area contributed by atoms with E-state index in [9.17, 15) is 4.79 Å². The van der Waals surface area contributed by atoms with E-state index in [2.05, 4.69) is 48.3 Å². The van der Waals surface area contributed by atoms with Gasteiger partial charge in [0, 0.05) is 18.8 Å². The van der Waals surface area contributed by atoms with Crippen LogP contribution in [0.25, 0.3) is 0 Å². The summed E-state index contributed by atoms with van der Waals surface area (Å²) in [5.74, 6) is 1.80. The molecule has 4 nitrogen and oxygen atoms in total.